The van der Waals surface area contributed by atoms with Crippen molar-refractivity contribution in [1.82, 2.24) is 5.32 Å². The molecule has 2 aliphatic rings. The van der Waals surface area contributed by atoms with E-state index in [1.165, 1.54) is 12.1 Å². The topological polar surface area (TPSA) is 49.0 Å². The number of morpholine rings is 1. The van der Waals surface area contributed by atoms with E-state index in [4.69, 9.17) is 18.9 Å². The van der Waals surface area contributed by atoms with E-state index in [-0.39, 0.29) is 30.9 Å². The van der Waals surface area contributed by atoms with Crippen molar-refractivity contribution in [3.63, 3.8) is 0 Å². The fourth-order valence-electron chi connectivity index (χ4n) is 3.07. The van der Waals surface area contributed by atoms with Crippen LogP contribution >= 0.6 is 0 Å². The second-order valence-corrected chi connectivity index (χ2v) is 6.25. The molecule has 0 unspecified atom stereocenters. The molecule has 132 valence electrons. The van der Waals surface area contributed by atoms with Crippen molar-refractivity contribution in [3.8, 4) is 17.2 Å². The van der Waals surface area contributed by atoms with Crippen LogP contribution in [0.1, 0.15) is 18.6 Å². The van der Waals surface area contributed by atoms with Gasteiger partial charge in [0.1, 0.15) is 24.3 Å². The van der Waals surface area contributed by atoms with Gasteiger partial charge in [-0.15, -0.1) is 0 Å². The SMILES string of the molecule is C[C@@H]1NC[C@@H](COc2ccc3cc2OCO3)O[C@@H]1c1ccc(F)cc1. The molecule has 4 rings (SSSR count). The third-order valence-corrected chi connectivity index (χ3v) is 4.44. The second-order valence-electron chi connectivity index (χ2n) is 6.25. The molecule has 2 aromatic carbocycles. The lowest BCUT2D eigenvalue weighted by molar-refractivity contribution is -0.0776. The summed E-state index contributed by atoms with van der Waals surface area (Å²) >= 11 is 0. The van der Waals surface area contributed by atoms with Crippen molar-refractivity contribution in [2.24, 2.45) is 0 Å². The Labute approximate surface area is 145 Å². The highest BCUT2D eigenvalue weighted by Gasteiger charge is 2.30. The third-order valence-electron chi connectivity index (χ3n) is 4.44. The van der Waals surface area contributed by atoms with Crippen LogP contribution in [0.2, 0.25) is 0 Å². The van der Waals surface area contributed by atoms with Gasteiger partial charge in [0, 0.05) is 18.7 Å². The molecule has 0 aliphatic carbocycles. The molecule has 5 nitrogen and oxygen atoms in total. The van der Waals surface area contributed by atoms with Gasteiger partial charge in [0.15, 0.2) is 11.5 Å². The van der Waals surface area contributed by atoms with Gasteiger partial charge in [0.05, 0.1) is 6.10 Å². The largest absolute Gasteiger partial charge is 0.487 e. The van der Waals surface area contributed by atoms with Crippen LogP contribution in [0.15, 0.2) is 42.5 Å². The Bertz CT molecular complexity index is 737. The molecular weight excluding hydrogens is 325 g/mol. The maximum absolute atomic E-state index is 13.1. The number of fused-ring (bicyclic) bond motifs is 2. The van der Waals surface area contributed by atoms with Crippen molar-refractivity contribution >= 4 is 0 Å². The minimum atomic E-state index is -0.249. The van der Waals surface area contributed by atoms with E-state index in [1.807, 2.05) is 18.2 Å². The van der Waals surface area contributed by atoms with Crippen LogP contribution in [-0.4, -0.2) is 32.1 Å². The Morgan fingerprint density at radius 2 is 2.00 bits per heavy atom. The molecule has 3 atom stereocenters. The van der Waals surface area contributed by atoms with Crippen molar-refractivity contribution < 1.29 is 23.3 Å². The molecule has 0 spiro atoms. The first-order valence-electron chi connectivity index (χ1n) is 8.36. The maximum atomic E-state index is 13.1. The van der Waals surface area contributed by atoms with Gasteiger partial charge < -0.3 is 24.3 Å². The van der Waals surface area contributed by atoms with Crippen LogP contribution in [0.3, 0.4) is 0 Å². The summed E-state index contributed by atoms with van der Waals surface area (Å²) in [6.45, 7) is 3.34. The van der Waals surface area contributed by atoms with Crippen LogP contribution in [0.4, 0.5) is 4.39 Å². The first-order valence-corrected chi connectivity index (χ1v) is 8.36. The van der Waals surface area contributed by atoms with Crippen LogP contribution in [0.5, 0.6) is 17.2 Å². The average Bonchev–Trinajstić information content (AvgIpc) is 2.63. The van der Waals surface area contributed by atoms with E-state index in [0.29, 0.717) is 24.7 Å². The van der Waals surface area contributed by atoms with E-state index in [9.17, 15) is 4.39 Å². The van der Waals surface area contributed by atoms with Crippen LogP contribution in [0.25, 0.3) is 0 Å². The zero-order valence-electron chi connectivity index (χ0n) is 13.9. The third kappa shape index (κ3) is 3.55. The summed E-state index contributed by atoms with van der Waals surface area (Å²) in [5.41, 5.74) is 0.950. The Kier molecular flexibility index (Phi) is 4.46. The highest BCUT2D eigenvalue weighted by atomic mass is 19.1. The molecule has 0 radical (unpaired) electrons. The average molecular weight is 345 g/mol. The van der Waals surface area contributed by atoms with Crippen molar-refractivity contribution in [2.75, 3.05) is 19.9 Å². The van der Waals surface area contributed by atoms with Gasteiger partial charge in [-0.25, -0.2) is 4.39 Å². The van der Waals surface area contributed by atoms with Crippen LogP contribution < -0.4 is 19.5 Å². The lowest BCUT2D eigenvalue weighted by Gasteiger charge is -2.36. The Morgan fingerprint density at radius 1 is 1.16 bits per heavy atom. The van der Waals surface area contributed by atoms with Crippen molar-refractivity contribution in [3.05, 3.63) is 53.8 Å². The first kappa shape index (κ1) is 16.2. The number of hydrogen-bond acceptors (Lipinski definition) is 5. The molecule has 0 amide bonds. The number of hydrogen-bond donors (Lipinski definition) is 1. The monoisotopic (exact) mass is 345 g/mol. The van der Waals surface area contributed by atoms with Gasteiger partial charge in [-0.1, -0.05) is 12.1 Å². The van der Waals surface area contributed by atoms with Gasteiger partial charge in [0.25, 0.3) is 0 Å². The first-order chi connectivity index (χ1) is 12.2. The minimum Gasteiger partial charge on any atom is -0.487 e. The maximum Gasteiger partial charge on any atom is 0.231 e. The van der Waals surface area contributed by atoms with Gasteiger partial charge in [-0.05, 0) is 36.8 Å². The Morgan fingerprint density at radius 3 is 2.84 bits per heavy atom. The summed E-state index contributed by atoms with van der Waals surface area (Å²) in [6.07, 6.45) is -0.258. The predicted molar refractivity (Wildman–Crippen MR) is 89.5 cm³/mol. The lowest BCUT2D eigenvalue weighted by Crippen LogP contribution is -2.48. The van der Waals surface area contributed by atoms with E-state index in [1.54, 1.807) is 12.1 Å². The van der Waals surface area contributed by atoms with Crippen molar-refractivity contribution in [2.45, 2.75) is 25.2 Å². The van der Waals surface area contributed by atoms with E-state index < -0.39 is 0 Å². The zero-order valence-corrected chi connectivity index (χ0v) is 13.9. The summed E-state index contributed by atoms with van der Waals surface area (Å²) in [6, 6.07) is 12.1. The molecule has 1 saturated heterocycles. The Balaban J connectivity index is 1.41. The van der Waals surface area contributed by atoms with Crippen LogP contribution in [-0.2, 0) is 4.74 Å². The van der Waals surface area contributed by atoms with Gasteiger partial charge in [-0.3, -0.25) is 0 Å². The van der Waals surface area contributed by atoms with Gasteiger partial charge in [0.2, 0.25) is 6.79 Å². The lowest BCUT2D eigenvalue weighted by atomic mass is 10.0. The summed E-state index contributed by atoms with van der Waals surface area (Å²) in [4.78, 5) is 0. The smallest absolute Gasteiger partial charge is 0.231 e. The minimum absolute atomic E-state index is 0.113. The quantitative estimate of drug-likeness (QED) is 0.923. The van der Waals surface area contributed by atoms with Crippen molar-refractivity contribution in [1.29, 1.82) is 0 Å². The van der Waals surface area contributed by atoms with Gasteiger partial charge in [-0.2, -0.15) is 0 Å². The fraction of sp³-hybridized carbons (Fsp3) is 0.368. The fourth-order valence-corrected chi connectivity index (χ4v) is 3.07. The molecular formula is C19H20FNO4. The molecule has 1 N–H and O–H groups in total. The molecule has 2 heterocycles. The molecule has 2 bridgehead atoms. The normalized spacial score (nSPS) is 25.0. The molecule has 0 aromatic heterocycles. The summed E-state index contributed by atoms with van der Waals surface area (Å²) in [5.74, 6) is 1.87. The standard InChI is InChI=1S/C19H20FNO4/c1-12-19(13-2-4-14(20)5-3-13)25-16(9-21-12)10-22-17-7-6-15-8-18(17)24-11-23-15/h2-8,12,16,19,21H,9-11H2,1H3/t12-,16-,19-/m0/s1. The molecule has 25 heavy (non-hydrogen) atoms. The zero-order chi connectivity index (χ0) is 17.2. The summed E-state index contributed by atoms with van der Waals surface area (Å²) in [7, 11) is 0. The van der Waals surface area contributed by atoms with Crippen LogP contribution in [0, 0.1) is 5.82 Å². The number of ether oxygens (including phenoxy) is 4. The van der Waals surface area contributed by atoms with E-state index in [0.717, 1.165) is 11.3 Å². The highest BCUT2D eigenvalue weighted by Crippen LogP contribution is 2.35. The number of nitrogens with one attached hydrogen (secondary N) is 1. The second kappa shape index (κ2) is 6.90. The number of rotatable bonds is 4. The number of halogens is 1. The molecule has 0 saturated carbocycles. The predicted octanol–water partition coefficient (Wildman–Crippen LogP) is 3.05. The number of benzene rings is 2. The summed E-state index contributed by atoms with van der Waals surface area (Å²) < 4.78 is 35.9. The summed E-state index contributed by atoms with van der Waals surface area (Å²) in [5, 5.41) is 3.43. The molecule has 2 aromatic rings. The highest BCUT2D eigenvalue weighted by molar-refractivity contribution is 5.46. The van der Waals surface area contributed by atoms with E-state index >= 15 is 0 Å². The molecule has 2 aliphatic heterocycles. The van der Waals surface area contributed by atoms with E-state index in [2.05, 4.69) is 12.2 Å². The van der Waals surface area contributed by atoms with Gasteiger partial charge >= 0.3 is 0 Å². The Hall–Kier alpha value is -2.31. The molecule has 6 heteroatoms. The molecule has 1 fully saturated rings.